The number of sulfonamides is 1. The lowest BCUT2D eigenvalue weighted by Gasteiger charge is -2.17. The number of carbonyl (C=O) groups excluding carboxylic acids is 1. The van der Waals surface area contributed by atoms with Gasteiger partial charge >= 0.3 is 5.00 Å². The molecule has 0 bridgehead atoms. The molecule has 2 aromatic rings. The molecule has 0 fully saturated rings. The van der Waals surface area contributed by atoms with Gasteiger partial charge in [-0.05, 0) is 36.8 Å². The van der Waals surface area contributed by atoms with E-state index in [-0.39, 0.29) is 14.8 Å². The molecule has 0 spiro atoms. The fourth-order valence-electron chi connectivity index (χ4n) is 2.13. The molecule has 0 aliphatic rings. The fourth-order valence-corrected chi connectivity index (χ4v) is 4.06. The van der Waals surface area contributed by atoms with Crippen molar-refractivity contribution in [1.29, 1.82) is 0 Å². The number of unbranched alkanes of at least 4 members (excludes halogenated alkanes) is 1. The number of carbonyl (C=O) groups is 1. The third kappa shape index (κ3) is 4.65. The van der Waals surface area contributed by atoms with Crippen molar-refractivity contribution in [2.75, 3.05) is 18.9 Å². The molecule has 0 aliphatic heterocycles. The van der Waals surface area contributed by atoms with Crippen LogP contribution in [0.3, 0.4) is 0 Å². The summed E-state index contributed by atoms with van der Waals surface area (Å²) in [4.78, 5) is 22.6. The molecule has 1 heterocycles. The first kappa shape index (κ1) is 20.0. The van der Waals surface area contributed by atoms with Crippen LogP contribution in [0, 0.1) is 10.1 Å². The van der Waals surface area contributed by atoms with Gasteiger partial charge in [-0.1, -0.05) is 24.7 Å². The maximum Gasteiger partial charge on any atom is 0.324 e. The molecular weight excluding hydrogens is 378 g/mol. The topological polar surface area (TPSA) is 110 Å². The van der Waals surface area contributed by atoms with Crippen LogP contribution in [0.4, 0.5) is 10.7 Å². The number of rotatable bonds is 8. The SMILES string of the molecule is CCCCN(C)S(=O)(=O)c1ccc(NC(=O)c2ccc([N+](=O)[O-])s2)cc1. The van der Waals surface area contributed by atoms with Gasteiger partial charge in [0.2, 0.25) is 10.0 Å². The van der Waals surface area contributed by atoms with E-state index in [1.165, 1.54) is 47.8 Å². The highest BCUT2D eigenvalue weighted by Crippen LogP contribution is 2.25. The van der Waals surface area contributed by atoms with Gasteiger partial charge < -0.3 is 5.32 Å². The van der Waals surface area contributed by atoms with Crippen LogP contribution in [0.15, 0.2) is 41.3 Å². The number of amides is 1. The third-order valence-corrected chi connectivity index (χ3v) is 6.55. The molecule has 10 heteroatoms. The summed E-state index contributed by atoms with van der Waals surface area (Å²) >= 11 is 0.774. The molecule has 1 aromatic heterocycles. The fraction of sp³-hybridized carbons (Fsp3) is 0.312. The number of nitrogens with zero attached hydrogens (tertiary/aromatic N) is 2. The monoisotopic (exact) mass is 397 g/mol. The number of hydrogen-bond donors (Lipinski definition) is 1. The number of nitro groups is 1. The lowest BCUT2D eigenvalue weighted by atomic mass is 10.3. The largest absolute Gasteiger partial charge is 0.324 e. The lowest BCUT2D eigenvalue weighted by molar-refractivity contribution is -0.380. The van der Waals surface area contributed by atoms with Crippen molar-refractivity contribution >= 4 is 38.0 Å². The number of anilines is 1. The van der Waals surface area contributed by atoms with E-state index in [2.05, 4.69) is 5.32 Å². The normalized spacial score (nSPS) is 11.5. The van der Waals surface area contributed by atoms with E-state index in [1.807, 2.05) is 6.92 Å². The zero-order valence-corrected chi connectivity index (χ0v) is 16.0. The summed E-state index contributed by atoms with van der Waals surface area (Å²) in [7, 11) is -2.03. The lowest BCUT2D eigenvalue weighted by Crippen LogP contribution is -2.27. The second kappa shape index (κ2) is 8.39. The van der Waals surface area contributed by atoms with E-state index in [0.717, 1.165) is 24.2 Å². The van der Waals surface area contributed by atoms with Crippen LogP contribution >= 0.6 is 11.3 Å². The second-order valence-electron chi connectivity index (χ2n) is 5.55. The molecule has 2 rings (SSSR count). The van der Waals surface area contributed by atoms with Gasteiger partial charge in [-0.3, -0.25) is 14.9 Å². The number of benzene rings is 1. The summed E-state index contributed by atoms with van der Waals surface area (Å²) in [6.07, 6.45) is 1.67. The molecule has 140 valence electrons. The first-order valence-electron chi connectivity index (χ1n) is 7.87. The minimum Gasteiger partial charge on any atom is -0.321 e. The summed E-state index contributed by atoms with van der Waals surface area (Å²) in [5.74, 6) is -0.487. The van der Waals surface area contributed by atoms with E-state index < -0.39 is 20.9 Å². The van der Waals surface area contributed by atoms with Crippen LogP contribution in [-0.2, 0) is 10.0 Å². The molecule has 0 radical (unpaired) electrons. The van der Waals surface area contributed by atoms with Crippen molar-refractivity contribution in [3.8, 4) is 0 Å². The minimum atomic E-state index is -3.57. The van der Waals surface area contributed by atoms with Crippen LogP contribution in [-0.4, -0.2) is 37.1 Å². The van der Waals surface area contributed by atoms with Gasteiger partial charge in [0.05, 0.1) is 14.7 Å². The Morgan fingerprint density at radius 2 is 1.88 bits per heavy atom. The van der Waals surface area contributed by atoms with Crippen molar-refractivity contribution in [2.45, 2.75) is 24.7 Å². The zero-order chi connectivity index (χ0) is 19.3. The summed E-state index contributed by atoms with van der Waals surface area (Å²) in [5.41, 5.74) is 0.404. The van der Waals surface area contributed by atoms with Crippen molar-refractivity contribution < 1.29 is 18.1 Å². The average molecular weight is 397 g/mol. The first-order valence-corrected chi connectivity index (χ1v) is 10.1. The van der Waals surface area contributed by atoms with Crippen molar-refractivity contribution in [2.24, 2.45) is 0 Å². The number of hydrogen-bond acceptors (Lipinski definition) is 6. The maximum absolute atomic E-state index is 12.4. The molecule has 0 unspecified atom stereocenters. The van der Waals surface area contributed by atoms with Crippen LogP contribution in [0.25, 0.3) is 0 Å². The van der Waals surface area contributed by atoms with Gasteiger partial charge in [-0.2, -0.15) is 0 Å². The van der Waals surface area contributed by atoms with Crippen LogP contribution in [0.1, 0.15) is 29.4 Å². The molecule has 0 saturated heterocycles. The average Bonchev–Trinajstić information content (AvgIpc) is 3.10. The van der Waals surface area contributed by atoms with Gasteiger partial charge in [-0.15, -0.1) is 0 Å². The highest BCUT2D eigenvalue weighted by Gasteiger charge is 2.20. The maximum atomic E-state index is 12.4. The second-order valence-corrected chi connectivity index (χ2v) is 8.66. The predicted octanol–water partition coefficient (Wildman–Crippen LogP) is 3.33. The van der Waals surface area contributed by atoms with Crippen LogP contribution < -0.4 is 5.32 Å². The van der Waals surface area contributed by atoms with Gasteiger partial charge in [0.25, 0.3) is 5.91 Å². The number of thiophene rings is 1. The van der Waals surface area contributed by atoms with E-state index in [0.29, 0.717) is 12.2 Å². The number of nitrogens with one attached hydrogen (secondary N) is 1. The highest BCUT2D eigenvalue weighted by atomic mass is 32.2. The van der Waals surface area contributed by atoms with Crippen LogP contribution in [0.5, 0.6) is 0 Å². The molecule has 1 aromatic carbocycles. The van der Waals surface area contributed by atoms with Gasteiger partial charge in [-0.25, -0.2) is 12.7 Å². The summed E-state index contributed by atoms with van der Waals surface area (Å²) in [6, 6.07) is 8.45. The van der Waals surface area contributed by atoms with Gasteiger partial charge in [0.15, 0.2) is 0 Å². The van der Waals surface area contributed by atoms with Crippen molar-refractivity contribution in [1.82, 2.24) is 4.31 Å². The van der Waals surface area contributed by atoms with Gasteiger partial charge in [0.1, 0.15) is 0 Å². The molecule has 8 nitrogen and oxygen atoms in total. The van der Waals surface area contributed by atoms with E-state index in [9.17, 15) is 23.3 Å². The minimum absolute atomic E-state index is 0.119. The highest BCUT2D eigenvalue weighted by molar-refractivity contribution is 7.89. The van der Waals surface area contributed by atoms with E-state index in [4.69, 9.17) is 0 Å². The van der Waals surface area contributed by atoms with E-state index in [1.54, 1.807) is 0 Å². The molecular formula is C16H19N3O5S2. The molecule has 26 heavy (non-hydrogen) atoms. The molecule has 1 N–H and O–H groups in total. The zero-order valence-electron chi connectivity index (χ0n) is 14.3. The quantitative estimate of drug-likeness (QED) is 0.543. The third-order valence-electron chi connectivity index (χ3n) is 3.64. The van der Waals surface area contributed by atoms with E-state index >= 15 is 0 Å². The Kier molecular flexibility index (Phi) is 6.46. The Morgan fingerprint density at radius 3 is 2.42 bits per heavy atom. The first-order chi connectivity index (χ1) is 12.3. The Balaban J connectivity index is 2.09. The summed E-state index contributed by atoms with van der Waals surface area (Å²) < 4.78 is 26.2. The Bertz CT molecular complexity index is 891. The smallest absolute Gasteiger partial charge is 0.321 e. The standard InChI is InChI=1S/C16H19N3O5S2/c1-3-4-11-18(2)26(23,24)13-7-5-12(6-8-13)17-16(20)14-9-10-15(25-14)19(21)22/h5-10H,3-4,11H2,1-2H3,(H,17,20). The Labute approximate surface area is 155 Å². The van der Waals surface area contributed by atoms with Crippen molar-refractivity contribution in [3.63, 3.8) is 0 Å². The Hall–Kier alpha value is -2.30. The van der Waals surface area contributed by atoms with Crippen LogP contribution in [0.2, 0.25) is 0 Å². The summed E-state index contributed by atoms with van der Waals surface area (Å²) in [6.45, 7) is 2.43. The summed E-state index contributed by atoms with van der Waals surface area (Å²) in [5, 5.41) is 13.1. The molecule has 0 saturated carbocycles. The predicted molar refractivity (Wildman–Crippen MR) is 100 cm³/mol. The molecule has 0 atom stereocenters. The van der Waals surface area contributed by atoms with Gasteiger partial charge in [0, 0.05) is 25.3 Å². The molecule has 1 amide bonds. The molecule has 0 aliphatic carbocycles. The van der Waals surface area contributed by atoms with Crippen molar-refractivity contribution in [3.05, 3.63) is 51.4 Å². The Morgan fingerprint density at radius 1 is 1.23 bits per heavy atom.